The summed E-state index contributed by atoms with van der Waals surface area (Å²) < 4.78 is 0. The van der Waals surface area contributed by atoms with Gasteiger partial charge in [-0.05, 0) is 38.3 Å². The second-order valence-corrected chi connectivity index (χ2v) is 5.92. The highest BCUT2D eigenvalue weighted by atomic mass is 16.4. The molecule has 0 spiro atoms. The summed E-state index contributed by atoms with van der Waals surface area (Å²) in [6.07, 6.45) is 3.30. The number of pyridine rings is 1. The Hall–Kier alpha value is -2.11. The molecule has 1 amide bonds. The van der Waals surface area contributed by atoms with E-state index in [-0.39, 0.29) is 11.8 Å². The zero-order chi connectivity index (χ0) is 16.3. The van der Waals surface area contributed by atoms with Crippen molar-refractivity contribution in [2.75, 3.05) is 25.0 Å². The molecule has 0 unspecified atom stereocenters. The quantitative estimate of drug-likeness (QED) is 0.913. The van der Waals surface area contributed by atoms with Crippen LogP contribution in [0.2, 0.25) is 0 Å². The maximum Gasteiger partial charge on any atom is 0.326 e. The van der Waals surface area contributed by atoms with Crippen molar-refractivity contribution >= 4 is 17.7 Å². The van der Waals surface area contributed by atoms with E-state index in [1.807, 2.05) is 25.3 Å². The van der Waals surface area contributed by atoms with Crippen LogP contribution in [0.15, 0.2) is 18.3 Å². The van der Waals surface area contributed by atoms with Gasteiger partial charge in [-0.15, -0.1) is 0 Å². The first kappa shape index (κ1) is 16.3. The van der Waals surface area contributed by atoms with Crippen molar-refractivity contribution in [2.45, 2.75) is 32.7 Å². The van der Waals surface area contributed by atoms with Crippen molar-refractivity contribution in [2.24, 2.45) is 5.92 Å². The van der Waals surface area contributed by atoms with Gasteiger partial charge in [-0.1, -0.05) is 6.07 Å². The first-order valence-electron chi connectivity index (χ1n) is 7.57. The van der Waals surface area contributed by atoms with Crippen molar-refractivity contribution in [1.82, 2.24) is 9.88 Å². The third kappa shape index (κ3) is 3.55. The van der Waals surface area contributed by atoms with Crippen LogP contribution in [0.3, 0.4) is 0 Å². The maximum atomic E-state index is 12.4. The van der Waals surface area contributed by atoms with Gasteiger partial charge in [0.15, 0.2) is 0 Å². The van der Waals surface area contributed by atoms with E-state index in [9.17, 15) is 9.59 Å². The molecule has 2 heterocycles. The van der Waals surface area contributed by atoms with Crippen molar-refractivity contribution in [3.05, 3.63) is 23.9 Å². The fraction of sp³-hybridized carbons (Fsp3) is 0.562. The number of likely N-dealkylation sites (N-methyl/N-ethyl adjacent to an activating group) is 1. The average molecular weight is 305 g/mol. The molecule has 1 atom stereocenters. The van der Waals surface area contributed by atoms with Crippen LogP contribution in [0.4, 0.5) is 5.82 Å². The number of carbonyl (C=O) groups excluding carboxylic acids is 1. The number of carboxylic acids is 1. The highest BCUT2D eigenvalue weighted by molar-refractivity contribution is 5.84. The number of carbonyl (C=O) groups is 2. The molecule has 1 aliphatic heterocycles. The number of hydrogen-bond acceptors (Lipinski definition) is 4. The second kappa shape index (κ2) is 6.77. The van der Waals surface area contributed by atoms with Crippen LogP contribution in [-0.2, 0) is 9.59 Å². The number of amides is 1. The van der Waals surface area contributed by atoms with E-state index in [1.165, 1.54) is 11.8 Å². The summed E-state index contributed by atoms with van der Waals surface area (Å²) in [7, 11) is 1.56. The summed E-state index contributed by atoms with van der Waals surface area (Å²) in [5, 5.41) is 9.00. The predicted molar refractivity (Wildman–Crippen MR) is 83.8 cm³/mol. The molecule has 2 rings (SSSR count). The minimum atomic E-state index is -0.975. The summed E-state index contributed by atoms with van der Waals surface area (Å²) in [5.74, 6) is -0.221. The molecule has 1 aliphatic rings. The zero-order valence-electron chi connectivity index (χ0n) is 13.3. The topological polar surface area (TPSA) is 73.7 Å². The number of rotatable bonds is 4. The van der Waals surface area contributed by atoms with Gasteiger partial charge in [0.1, 0.15) is 11.9 Å². The van der Waals surface area contributed by atoms with Crippen LogP contribution in [0.25, 0.3) is 0 Å². The van der Waals surface area contributed by atoms with Crippen LogP contribution in [-0.4, -0.2) is 53.0 Å². The molecule has 120 valence electrons. The Labute approximate surface area is 130 Å². The van der Waals surface area contributed by atoms with E-state index < -0.39 is 12.0 Å². The number of piperidine rings is 1. The molecule has 0 aromatic carbocycles. The summed E-state index contributed by atoms with van der Waals surface area (Å²) in [5.41, 5.74) is 1.12. The largest absolute Gasteiger partial charge is 0.480 e. The summed E-state index contributed by atoms with van der Waals surface area (Å²) in [6, 6.07) is 3.24. The lowest BCUT2D eigenvalue weighted by Gasteiger charge is -2.34. The average Bonchev–Trinajstić information content (AvgIpc) is 2.53. The van der Waals surface area contributed by atoms with E-state index in [1.54, 1.807) is 7.05 Å². The van der Waals surface area contributed by atoms with Crippen LogP contribution < -0.4 is 4.90 Å². The standard InChI is InChI=1S/C16H23N3O3/c1-11-4-5-14(17-10-11)19-8-6-13(7-9-19)15(20)18(3)12(2)16(21)22/h4-5,10,12-13H,6-9H2,1-3H3,(H,21,22)/t12-/m1/s1. The molecule has 1 aromatic rings. The highest BCUT2D eigenvalue weighted by Crippen LogP contribution is 2.23. The van der Waals surface area contributed by atoms with E-state index >= 15 is 0 Å². The fourth-order valence-electron chi connectivity index (χ4n) is 2.65. The van der Waals surface area contributed by atoms with Gasteiger partial charge in [-0.3, -0.25) is 4.79 Å². The van der Waals surface area contributed by atoms with Crippen molar-refractivity contribution < 1.29 is 14.7 Å². The smallest absolute Gasteiger partial charge is 0.326 e. The molecule has 0 radical (unpaired) electrons. The lowest BCUT2D eigenvalue weighted by atomic mass is 9.95. The van der Waals surface area contributed by atoms with Gasteiger partial charge in [0, 0.05) is 32.3 Å². The SMILES string of the molecule is Cc1ccc(N2CCC(C(=O)N(C)[C@H](C)C(=O)O)CC2)nc1. The van der Waals surface area contributed by atoms with E-state index in [0.717, 1.165) is 37.3 Å². The number of aryl methyl sites for hydroxylation is 1. The van der Waals surface area contributed by atoms with Crippen molar-refractivity contribution in [3.8, 4) is 0 Å². The number of anilines is 1. The lowest BCUT2D eigenvalue weighted by Crippen LogP contribution is -2.46. The number of aromatic nitrogens is 1. The Morgan fingerprint density at radius 3 is 2.50 bits per heavy atom. The molecule has 1 aromatic heterocycles. The van der Waals surface area contributed by atoms with Gasteiger partial charge < -0.3 is 14.9 Å². The third-order valence-electron chi connectivity index (χ3n) is 4.35. The van der Waals surface area contributed by atoms with Crippen LogP contribution in [0.5, 0.6) is 0 Å². The summed E-state index contributed by atoms with van der Waals surface area (Å²) >= 11 is 0. The van der Waals surface area contributed by atoms with Crippen molar-refractivity contribution in [1.29, 1.82) is 0 Å². The maximum absolute atomic E-state index is 12.4. The Morgan fingerprint density at radius 2 is 2.00 bits per heavy atom. The molecule has 0 aliphatic carbocycles. The molecular formula is C16H23N3O3. The van der Waals surface area contributed by atoms with Gasteiger partial charge in [-0.2, -0.15) is 0 Å². The molecule has 6 nitrogen and oxygen atoms in total. The Balaban J connectivity index is 1.93. The Morgan fingerprint density at radius 1 is 1.36 bits per heavy atom. The van der Waals surface area contributed by atoms with Crippen LogP contribution >= 0.6 is 0 Å². The lowest BCUT2D eigenvalue weighted by molar-refractivity contribution is -0.150. The van der Waals surface area contributed by atoms with Crippen molar-refractivity contribution in [3.63, 3.8) is 0 Å². The van der Waals surface area contributed by atoms with Gasteiger partial charge >= 0.3 is 5.97 Å². The molecule has 1 saturated heterocycles. The van der Waals surface area contributed by atoms with Gasteiger partial charge in [0.25, 0.3) is 0 Å². The number of hydrogen-bond donors (Lipinski definition) is 1. The van der Waals surface area contributed by atoms with Crippen LogP contribution in [0.1, 0.15) is 25.3 Å². The third-order valence-corrected chi connectivity index (χ3v) is 4.35. The van der Waals surface area contributed by atoms with Gasteiger partial charge in [0.05, 0.1) is 0 Å². The molecule has 1 fully saturated rings. The molecular weight excluding hydrogens is 282 g/mol. The van der Waals surface area contributed by atoms with E-state index in [4.69, 9.17) is 5.11 Å². The molecule has 0 saturated carbocycles. The molecule has 22 heavy (non-hydrogen) atoms. The normalized spacial score (nSPS) is 17.1. The molecule has 0 bridgehead atoms. The fourth-order valence-corrected chi connectivity index (χ4v) is 2.65. The first-order valence-corrected chi connectivity index (χ1v) is 7.57. The zero-order valence-corrected chi connectivity index (χ0v) is 13.3. The molecule has 1 N–H and O–H groups in total. The molecule has 6 heteroatoms. The minimum absolute atomic E-state index is 0.0774. The number of nitrogens with zero attached hydrogens (tertiary/aromatic N) is 3. The Bertz CT molecular complexity index is 536. The summed E-state index contributed by atoms with van der Waals surface area (Å²) in [4.78, 5) is 31.3. The van der Waals surface area contributed by atoms with Gasteiger partial charge in [0.2, 0.25) is 5.91 Å². The Kier molecular flexibility index (Phi) is 5.00. The van der Waals surface area contributed by atoms with E-state index in [0.29, 0.717) is 0 Å². The summed E-state index contributed by atoms with van der Waals surface area (Å²) in [6.45, 7) is 5.07. The number of aliphatic carboxylic acids is 1. The second-order valence-electron chi connectivity index (χ2n) is 5.92. The number of carboxylic acid groups (broad SMARTS) is 1. The highest BCUT2D eigenvalue weighted by Gasteiger charge is 2.31. The monoisotopic (exact) mass is 305 g/mol. The van der Waals surface area contributed by atoms with E-state index in [2.05, 4.69) is 9.88 Å². The van der Waals surface area contributed by atoms with Crippen LogP contribution in [0, 0.1) is 12.8 Å². The first-order chi connectivity index (χ1) is 10.4. The van der Waals surface area contributed by atoms with Gasteiger partial charge in [-0.25, -0.2) is 9.78 Å². The predicted octanol–water partition coefficient (Wildman–Crippen LogP) is 1.54. The minimum Gasteiger partial charge on any atom is -0.480 e.